The average Bonchev–Trinajstić information content (AvgIpc) is 2.99. The minimum absolute atomic E-state index is 0.0701. The summed E-state index contributed by atoms with van der Waals surface area (Å²) in [5.74, 6) is 1.28. The predicted molar refractivity (Wildman–Crippen MR) is 91.9 cm³/mol. The van der Waals surface area contributed by atoms with Gasteiger partial charge in [-0.15, -0.1) is 10.7 Å². The summed E-state index contributed by atoms with van der Waals surface area (Å²) < 4.78 is 13.7. The predicted octanol–water partition coefficient (Wildman–Crippen LogP) is 3.45. The molecule has 1 aromatic carbocycles. The quantitative estimate of drug-likeness (QED) is 0.852. The number of anilines is 1. The van der Waals surface area contributed by atoms with Crippen LogP contribution < -0.4 is 11.0 Å². The molecule has 1 unspecified atom stereocenters. The van der Waals surface area contributed by atoms with Gasteiger partial charge in [0.25, 0.3) is 0 Å². The second-order valence-corrected chi connectivity index (χ2v) is 7.80. The van der Waals surface area contributed by atoms with Crippen molar-refractivity contribution in [2.45, 2.75) is 37.7 Å². The van der Waals surface area contributed by atoms with Gasteiger partial charge in [-0.2, -0.15) is 0 Å². The number of hydrogen-bond donors (Lipinski definition) is 2. The summed E-state index contributed by atoms with van der Waals surface area (Å²) in [4.78, 5) is 14.6. The molecule has 0 amide bonds. The van der Waals surface area contributed by atoms with Gasteiger partial charge in [-0.25, -0.2) is 14.4 Å². The van der Waals surface area contributed by atoms with Crippen LogP contribution in [0.25, 0.3) is 10.9 Å². The molecule has 3 saturated carbocycles. The van der Waals surface area contributed by atoms with Crippen LogP contribution in [0.4, 0.5) is 10.3 Å². The first-order valence-corrected chi connectivity index (χ1v) is 9.09. The molecule has 6 rings (SSSR count). The number of nitrogens with zero attached hydrogens (tertiary/aromatic N) is 3. The van der Waals surface area contributed by atoms with Gasteiger partial charge in [-0.05, 0) is 50.0 Å². The van der Waals surface area contributed by atoms with E-state index in [4.69, 9.17) is 16.4 Å². The molecule has 0 radical (unpaired) electrons. The van der Waals surface area contributed by atoms with Crippen LogP contribution >= 0.6 is 11.6 Å². The molecule has 1 aliphatic heterocycles. The van der Waals surface area contributed by atoms with Crippen LogP contribution in [-0.2, 0) is 4.84 Å². The Labute approximate surface area is 149 Å². The molecule has 1 atom stereocenters. The van der Waals surface area contributed by atoms with Crippen molar-refractivity contribution in [2.75, 3.05) is 12.0 Å². The van der Waals surface area contributed by atoms with Gasteiger partial charge in [0.15, 0.2) is 0 Å². The van der Waals surface area contributed by atoms with Crippen molar-refractivity contribution in [1.82, 2.24) is 20.7 Å². The highest BCUT2D eigenvalue weighted by Crippen LogP contribution is 2.50. The molecule has 1 saturated heterocycles. The van der Waals surface area contributed by atoms with Gasteiger partial charge in [-0.3, -0.25) is 10.3 Å². The minimum atomic E-state index is -0.487. The van der Waals surface area contributed by atoms with Gasteiger partial charge in [0.2, 0.25) is 5.95 Å². The monoisotopic (exact) mass is 363 g/mol. The van der Waals surface area contributed by atoms with E-state index in [0.717, 1.165) is 18.9 Å². The third-order valence-electron chi connectivity index (χ3n) is 5.87. The molecule has 132 valence electrons. The number of rotatable bonds is 2. The minimum Gasteiger partial charge on any atom is -0.277 e. The van der Waals surface area contributed by atoms with Crippen LogP contribution in [0.15, 0.2) is 18.3 Å². The second-order valence-electron chi connectivity index (χ2n) is 7.40. The Morgan fingerprint density at radius 2 is 2.16 bits per heavy atom. The van der Waals surface area contributed by atoms with Crippen molar-refractivity contribution in [3.8, 4) is 0 Å². The largest absolute Gasteiger partial charge is 0.277 e. The fraction of sp³-hybridized carbons (Fsp3) is 0.529. The summed E-state index contributed by atoms with van der Waals surface area (Å²) in [6, 6.07) is 2.85. The molecule has 2 bridgehead atoms. The maximum atomic E-state index is 13.7. The van der Waals surface area contributed by atoms with Crippen LogP contribution in [0.3, 0.4) is 0 Å². The molecule has 2 aromatic rings. The zero-order valence-electron chi connectivity index (χ0n) is 13.6. The Kier molecular flexibility index (Phi) is 3.60. The van der Waals surface area contributed by atoms with Gasteiger partial charge < -0.3 is 0 Å². The highest BCUT2D eigenvalue weighted by atomic mass is 35.5. The number of hydrogen-bond acceptors (Lipinski definition) is 6. The van der Waals surface area contributed by atoms with Crippen molar-refractivity contribution in [1.29, 1.82) is 0 Å². The number of hydrazine groups is 2. The van der Waals surface area contributed by atoms with Crippen LogP contribution in [-0.4, -0.2) is 27.2 Å². The molecule has 2 N–H and O–H groups in total. The Balaban J connectivity index is 1.34. The summed E-state index contributed by atoms with van der Waals surface area (Å²) in [7, 11) is 0. The lowest BCUT2D eigenvalue weighted by molar-refractivity contribution is -0.146. The van der Waals surface area contributed by atoms with Crippen molar-refractivity contribution >= 4 is 28.5 Å². The first-order chi connectivity index (χ1) is 12.1. The highest BCUT2D eigenvalue weighted by molar-refractivity contribution is 6.31. The van der Waals surface area contributed by atoms with E-state index in [0.29, 0.717) is 22.8 Å². The molecular formula is C17H19ClFN5O. The van der Waals surface area contributed by atoms with E-state index in [2.05, 4.69) is 21.0 Å². The molecule has 1 aromatic heterocycles. The first-order valence-electron chi connectivity index (χ1n) is 8.71. The van der Waals surface area contributed by atoms with Crippen LogP contribution in [0, 0.1) is 17.7 Å². The van der Waals surface area contributed by atoms with E-state index >= 15 is 0 Å². The maximum Gasteiger partial charge on any atom is 0.239 e. The number of benzene rings is 1. The van der Waals surface area contributed by atoms with E-state index in [1.807, 2.05) is 0 Å². The van der Waals surface area contributed by atoms with Crippen molar-refractivity contribution < 1.29 is 9.23 Å². The average molecular weight is 364 g/mol. The fourth-order valence-electron chi connectivity index (χ4n) is 4.61. The van der Waals surface area contributed by atoms with E-state index < -0.39 is 5.82 Å². The summed E-state index contributed by atoms with van der Waals surface area (Å²) >= 11 is 5.80. The third-order valence-corrected chi connectivity index (χ3v) is 6.16. The van der Waals surface area contributed by atoms with Gasteiger partial charge in [0.1, 0.15) is 11.4 Å². The fourth-order valence-corrected chi connectivity index (χ4v) is 4.78. The summed E-state index contributed by atoms with van der Waals surface area (Å²) in [5, 5.41) is 2.55. The molecule has 4 fully saturated rings. The number of halogens is 2. The molecule has 8 heteroatoms. The summed E-state index contributed by atoms with van der Waals surface area (Å²) in [5.41, 5.74) is 6.47. The van der Waals surface area contributed by atoms with Gasteiger partial charge in [0, 0.05) is 17.6 Å². The SMILES string of the molecule is Fc1cc2nc(NN3CC4(CC5CCC4CC5)ON3)ncc2cc1Cl. The van der Waals surface area contributed by atoms with E-state index in [1.165, 1.54) is 37.8 Å². The van der Waals surface area contributed by atoms with E-state index in [-0.39, 0.29) is 10.6 Å². The molecule has 3 aliphatic carbocycles. The van der Waals surface area contributed by atoms with Crippen LogP contribution in [0.5, 0.6) is 0 Å². The van der Waals surface area contributed by atoms with Crippen LogP contribution in [0.2, 0.25) is 5.02 Å². The normalized spacial score (nSPS) is 31.9. The topological polar surface area (TPSA) is 62.3 Å². The van der Waals surface area contributed by atoms with Crippen molar-refractivity contribution in [2.24, 2.45) is 11.8 Å². The maximum absolute atomic E-state index is 13.7. The first kappa shape index (κ1) is 15.7. The molecule has 25 heavy (non-hydrogen) atoms. The van der Waals surface area contributed by atoms with Gasteiger partial charge >= 0.3 is 0 Å². The summed E-state index contributed by atoms with van der Waals surface area (Å²) in [6.45, 7) is 0.741. The highest BCUT2D eigenvalue weighted by Gasteiger charge is 2.53. The molecule has 1 spiro atoms. The number of fused-ring (bicyclic) bond motifs is 3. The molecule has 2 heterocycles. The Bertz CT molecular complexity index is 828. The Morgan fingerprint density at radius 3 is 2.92 bits per heavy atom. The Morgan fingerprint density at radius 1 is 1.32 bits per heavy atom. The lowest BCUT2D eigenvalue weighted by Crippen LogP contribution is -2.50. The standard InChI is InChI=1S/C17H19ClFN5O/c18-13-5-11-8-20-16(21-15(11)6-14(13)19)22-24-9-17(25-23-24)7-10-1-3-12(17)4-2-10/h5-6,8,10,12,23H,1-4,7,9H2,(H,20,21,22). The van der Waals surface area contributed by atoms with Crippen molar-refractivity contribution in [3.05, 3.63) is 29.2 Å². The lowest BCUT2D eigenvalue weighted by Gasteiger charge is -2.47. The second kappa shape index (κ2) is 5.74. The smallest absolute Gasteiger partial charge is 0.239 e. The van der Waals surface area contributed by atoms with E-state index in [1.54, 1.807) is 11.3 Å². The molecule has 6 nitrogen and oxygen atoms in total. The lowest BCUT2D eigenvalue weighted by atomic mass is 9.62. The van der Waals surface area contributed by atoms with Crippen molar-refractivity contribution in [3.63, 3.8) is 0 Å². The zero-order chi connectivity index (χ0) is 17.0. The Hall–Kier alpha value is -1.54. The van der Waals surface area contributed by atoms with Gasteiger partial charge in [-0.1, -0.05) is 11.6 Å². The zero-order valence-corrected chi connectivity index (χ0v) is 14.4. The third kappa shape index (κ3) is 2.66. The van der Waals surface area contributed by atoms with E-state index in [9.17, 15) is 4.39 Å². The number of aromatic nitrogens is 2. The van der Waals surface area contributed by atoms with Gasteiger partial charge in [0.05, 0.1) is 17.1 Å². The molecule has 4 aliphatic rings. The van der Waals surface area contributed by atoms with Crippen LogP contribution in [0.1, 0.15) is 32.1 Å². The molecular weight excluding hydrogens is 345 g/mol. The summed E-state index contributed by atoms with van der Waals surface area (Å²) in [6.07, 6.45) is 7.87. The number of nitrogens with one attached hydrogen (secondary N) is 2.